The number of carboxylic acids is 1. The zero-order valence-electron chi connectivity index (χ0n) is 42.1. The first kappa shape index (κ1) is 58.3. The van der Waals surface area contributed by atoms with Gasteiger partial charge < -0.3 is 67.9 Å². The highest BCUT2D eigenvalue weighted by atomic mass is 16.5. The Bertz CT molecular complexity index is 2280. The lowest BCUT2D eigenvalue weighted by Crippen LogP contribution is -2.65. The topological polar surface area (TPSA) is 355 Å². The number of phenolic OH excluding ortho intramolecular Hbond substituents is 1. The van der Waals surface area contributed by atoms with Crippen LogP contribution in [-0.2, 0) is 60.7 Å². The van der Waals surface area contributed by atoms with Crippen molar-refractivity contribution in [2.75, 3.05) is 13.6 Å². The number of cyclic esters (lactones) is 1. The number of aromatic hydroxyl groups is 1. The molecule has 12 N–H and O–H groups in total. The van der Waals surface area contributed by atoms with Crippen LogP contribution in [0.15, 0.2) is 59.6 Å². The summed E-state index contributed by atoms with van der Waals surface area (Å²) in [7, 11) is 1.34. The molecule has 400 valence electrons. The Hall–Kier alpha value is -7.30. The average molecular weight is 1020 g/mol. The number of aliphatic hydroxyl groups excluding tert-OH is 1. The molecule has 73 heavy (non-hydrogen) atoms. The van der Waals surface area contributed by atoms with Gasteiger partial charge >= 0.3 is 11.9 Å². The SMILES string of the molecule is CCCCCC(=O)N[C@@H](CCC(=O)O)C(=O)N[C@@H]1C(=O)N[C@@H](CCCN=C(N)N)C(=O)N[C@H]2CC[C@@H](O)N(C2=O)[C@@H](Cc2ccccc2)C(=O)N(C)[C@@H](Cc2ccc(O)cc2)C(=O)N[C@@H](C(C)C)C(=O)O[C@@H]1C. The molecular weight excluding hydrogens is 949 g/mol. The molecule has 0 aromatic heterocycles. The number of nitrogens with one attached hydrogen (secondary N) is 5. The molecule has 9 atom stereocenters. The van der Waals surface area contributed by atoms with Crippen molar-refractivity contribution in [2.24, 2.45) is 22.4 Å². The molecule has 2 bridgehead atoms. The minimum absolute atomic E-state index is 0.00541. The van der Waals surface area contributed by atoms with Gasteiger partial charge in [-0.25, -0.2) is 4.79 Å². The summed E-state index contributed by atoms with van der Waals surface area (Å²) in [6.45, 7) is 6.39. The van der Waals surface area contributed by atoms with Gasteiger partial charge in [0, 0.05) is 39.3 Å². The highest BCUT2D eigenvalue weighted by Gasteiger charge is 2.46. The van der Waals surface area contributed by atoms with Crippen LogP contribution in [0.25, 0.3) is 0 Å². The molecule has 2 saturated heterocycles. The van der Waals surface area contributed by atoms with E-state index in [0.29, 0.717) is 24.0 Å². The van der Waals surface area contributed by atoms with Gasteiger partial charge in [0.25, 0.3) is 0 Å². The predicted octanol–water partition coefficient (Wildman–Crippen LogP) is -0.162. The van der Waals surface area contributed by atoms with Crippen LogP contribution in [0.2, 0.25) is 0 Å². The molecule has 2 aromatic carbocycles. The van der Waals surface area contributed by atoms with Gasteiger partial charge in [0.15, 0.2) is 5.96 Å². The Labute approximate surface area is 424 Å². The van der Waals surface area contributed by atoms with Gasteiger partial charge in [-0.05, 0) is 74.6 Å². The number of unbranched alkanes of at least 4 members (excludes halogenated alkanes) is 2. The summed E-state index contributed by atoms with van der Waals surface area (Å²) < 4.78 is 5.87. The summed E-state index contributed by atoms with van der Waals surface area (Å²) in [6, 6.07) is 3.98. The fourth-order valence-electron chi connectivity index (χ4n) is 8.56. The second-order valence-electron chi connectivity index (χ2n) is 18.8. The van der Waals surface area contributed by atoms with Gasteiger partial charge in [-0.2, -0.15) is 0 Å². The van der Waals surface area contributed by atoms with Gasteiger partial charge in [0.1, 0.15) is 60.4 Å². The summed E-state index contributed by atoms with van der Waals surface area (Å²) in [5.74, 6) is -9.40. The summed E-state index contributed by atoms with van der Waals surface area (Å²) in [6.07, 6.45) is -2.67. The van der Waals surface area contributed by atoms with Crippen LogP contribution in [0.1, 0.15) is 103 Å². The van der Waals surface area contributed by atoms with Crippen molar-refractivity contribution in [2.45, 2.75) is 159 Å². The fourth-order valence-corrected chi connectivity index (χ4v) is 8.56. The van der Waals surface area contributed by atoms with Crippen molar-refractivity contribution in [3.63, 3.8) is 0 Å². The lowest BCUT2D eigenvalue weighted by atomic mass is 9.95. The van der Waals surface area contributed by atoms with Crippen LogP contribution in [0.3, 0.4) is 0 Å². The lowest BCUT2D eigenvalue weighted by Gasteiger charge is -2.43. The predicted molar refractivity (Wildman–Crippen MR) is 265 cm³/mol. The molecule has 2 aliphatic rings. The van der Waals surface area contributed by atoms with Crippen LogP contribution < -0.4 is 38.1 Å². The molecular formula is C50H72N10O13. The molecule has 2 aromatic rings. The number of carbonyl (C=O) groups excluding carboxylic acids is 8. The largest absolute Gasteiger partial charge is 0.508 e. The highest BCUT2D eigenvalue weighted by molar-refractivity contribution is 5.98. The third kappa shape index (κ3) is 17.5. The van der Waals surface area contributed by atoms with Gasteiger partial charge in [0.2, 0.25) is 41.4 Å². The number of hydrogen-bond donors (Lipinski definition) is 10. The number of carboxylic acid groups (broad SMARTS) is 1. The number of phenols is 1. The Balaban J connectivity index is 1.88. The van der Waals surface area contributed by atoms with Crippen molar-refractivity contribution in [1.82, 2.24) is 36.4 Å². The Morgan fingerprint density at radius 2 is 1.49 bits per heavy atom. The van der Waals surface area contributed by atoms with E-state index < -0.39 is 127 Å². The molecule has 2 aliphatic heterocycles. The molecule has 0 unspecified atom stereocenters. The van der Waals surface area contributed by atoms with Crippen molar-refractivity contribution >= 4 is 59.2 Å². The second kappa shape index (κ2) is 28.1. The maximum absolute atomic E-state index is 15.1. The zero-order valence-corrected chi connectivity index (χ0v) is 42.1. The monoisotopic (exact) mass is 1020 g/mol. The maximum Gasteiger partial charge on any atom is 0.329 e. The number of aliphatic hydroxyl groups is 1. The molecule has 0 aliphatic carbocycles. The summed E-state index contributed by atoms with van der Waals surface area (Å²) in [5.41, 5.74) is 12.1. The minimum atomic E-state index is -1.84. The van der Waals surface area contributed by atoms with Crippen LogP contribution >= 0.6 is 0 Å². The van der Waals surface area contributed by atoms with Crippen LogP contribution in [0.5, 0.6) is 5.75 Å². The van der Waals surface area contributed by atoms with Crippen molar-refractivity contribution < 1.29 is 63.2 Å². The van der Waals surface area contributed by atoms with E-state index in [4.69, 9.17) is 16.2 Å². The second-order valence-corrected chi connectivity index (χ2v) is 18.8. The number of carbonyl (C=O) groups is 9. The standard InChI is InChI=1S/C50H72N10O13/c1-6-7-9-16-38(62)54-34(22-24-40(64)65)44(67)58-42-29(4)73-49(72)41(28(2)3)57-45(68)36(26-31-17-19-32(61)20-18-31)59(5)48(71)37(27-30-13-10-8-11-14-30)60-39(63)23-21-35(47(60)70)56-43(66)33(55-46(42)69)15-12-25-53-50(51)52/h8,10-11,13-14,17-20,28-29,33-37,39,41-42,61,63H,6-7,9,12,15-16,21-27H2,1-5H3,(H,54,62)(H,55,69)(H,56,66)(H,57,68)(H,58,67)(H,64,65)(H4,51,52,53)/t29-,33+,34+,35+,36+,37+,39-,41+,42+/m1/s1. The van der Waals surface area contributed by atoms with Gasteiger partial charge in [0.05, 0.1) is 0 Å². The number of benzene rings is 2. The first-order valence-electron chi connectivity index (χ1n) is 24.7. The summed E-state index contributed by atoms with van der Waals surface area (Å²) in [4.78, 5) is 133. The number of hydrogen-bond acceptors (Lipinski definition) is 13. The number of piperidine rings is 1. The molecule has 4 rings (SSSR count). The summed E-state index contributed by atoms with van der Waals surface area (Å²) >= 11 is 0. The molecule has 0 spiro atoms. The van der Waals surface area contributed by atoms with E-state index in [1.165, 1.54) is 38.2 Å². The van der Waals surface area contributed by atoms with Gasteiger partial charge in [-0.15, -0.1) is 0 Å². The number of esters is 1. The Morgan fingerprint density at radius 3 is 2.12 bits per heavy atom. The third-order valence-electron chi connectivity index (χ3n) is 12.7. The smallest absolute Gasteiger partial charge is 0.329 e. The molecule has 2 heterocycles. The number of aliphatic carboxylic acids is 1. The van der Waals surface area contributed by atoms with Crippen molar-refractivity contribution in [3.8, 4) is 5.75 Å². The minimum Gasteiger partial charge on any atom is -0.508 e. The highest BCUT2D eigenvalue weighted by Crippen LogP contribution is 2.26. The molecule has 23 nitrogen and oxygen atoms in total. The fraction of sp³-hybridized carbons (Fsp3) is 0.560. The van der Waals surface area contributed by atoms with E-state index in [-0.39, 0.29) is 63.2 Å². The normalized spacial score (nSPS) is 23.9. The number of nitrogens with two attached hydrogens (primary N) is 2. The van der Waals surface area contributed by atoms with Gasteiger partial charge in [-0.3, -0.25) is 43.3 Å². The number of nitrogens with zero attached hydrogens (tertiary/aromatic N) is 3. The average Bonchev–Trinajstić information content (AvgIpc) is 3.34. The number of likely N-dealkylation sites (N-methyl/N-ethyl adjacent to an activating group) is 1. The maximum atomic E-state index is 15.1. The number of amides is 7. The Morgan fingerprint density at radius 1 is 0.836 bits per heavy atom. The first-order valence-corrected chi connectivity index (χ1v) is 24.7. The van der Waals surface area contributed by atoms with E-state index in [1.54, 1.807) is 44.2 Å². The number of aliphatic imine (C=N–C) groups is 1. The van der Waals surface area contributed by atoms with Crippen molar-refractivity contribution in [1.29, 1.82) is 0 Å². The van der Waals surface area contributed by atoms with Gasteiger partial charge in [-0.1, -0.05) is 76.1 Å². The van der Waals surface area contributed by atoms with E-state index in [2.05, 4.69) is 31.6 Å². The molecule has 7 amide bonds. The number of fused-ring (bicyclic) bond motifs is 2. The molecule has 0 radical (unpaired) electrons. The summed E-state index contributed by atoms with van der Waals surface area (Å²) in [5, 5.41) is 44.2. The molecule has 23 heteroatoms. The first-order chi connectivity index (χ1) is 34.6. The number of ether oxygens (including phenoxy) is 1. The quantitative estimate of drug-likeness (QED) is 0.0378. The van der Waals surface area contributed by atoms with Crippen LogP contribution in [0.4, 0.5) is 0 Å². The number of guanidine groups is 1. The molecule has 2 fully saturated rings. The van der Waals surface area contributed by atoms with E-state index in [1.807, 2.05) is 6.92 Å². The third-order valence-corrected chi connectivity index (χ3v) is 12.7. The van der Waals surface area contributed by atoms with Crippen LogP contribution in [-0.4, -0.2) is 153 Å². The van der Waals surface area contributed by atoms with E-state index in [0.717, 1.165) is 16.2 Å². The van der Waals surface area contributed by atoms with E-state index in [9.17, 15) is 53.7 Å². The lowest BCUT2D eigenvalue weighted by molar-refractivity contribution is -0.165. The zero-order chi connectivity index (χ0) is 53.9. The van der Waals surface area contributed by atoms with Crippen LogP contribution in [0, 0.1) is 5.92 Å². The van der Waals surface area contributed by atoms with Crippen molar-refractivity contribution in [3.05, 3.63) is 65.7 Å². The van der Waals surface area contributed by atoms with E-state index >= 15 is 4.79 Å². The number of rotatable bonds is 19. The Kier molecular flexibility index (Phi) is 22.4. The molecule has 0 saturated carbocycles.